The molecule has 3 nitrogen and oxygen atoms in total. The lowest BCUT2D eigenvalue weighted by Crippen LogP contribution is -1.89. The maximum atomic E-state index is 11.0. The Morgan fingerprint density at radius 2 is 2.06 bits per heavy atom. The summed E-state index contributed by atoms with van der Waals surface area (Å²) in [5.41, 5.74) is 2.51. The monoisotopic (exact) mass is 215 g/mol. The van der Waals surface area contributed by atoms with Crippen LogP contribution in [0.4, 0.5) is 0 Å². The first-order valence-electron chi connectivity index (χ1n) is 5.08. The molecule has 82 valence electrons. The number of aromatic nitrogens is 1. The Kier molecular flexibility index (Phi) is 2.52. The Balaban J connectivity index is 2.68. The van der Waals surface area contributed by atoms with Gasteiger partial charge in [0.15, 0.2) is 5.78 Å². The number of carbonyl (C=O) groups excluding carboxylic acids is 1. The van der Waals surface area contributed by atoms with Crippen molar-refractivity contribution in [2.45, 2.75) is 13.8 Å². The highest BCUT2D eigenvalue weighted by atomic mass is 16.3. The van der Waals surface area contributed by atoms with Gasteiger partial charge in [0, 0.05) is 28.2 Å². The molecule has 0 aliphatic carbocycles. The largest absolute Gasteiger partial charge is 0.507 e. The predicted octanol–water partition coefficient (Wildman–Crippen LogP) is 2.96. The summed E-state index contributed by atoms with van der Waals surface area (Å²) in [4.78, 5) is 14.1. The first kappa shape index (κ1) is 10.5. The molecular formula is C13H13NO2. The van der Waals surface area contributed by atoms with Crippen molar-refractivity contribution in [2.24, 2.45) is 0 Å². The molecule has 2 rings (SSSR count). The molecule has 16 heavy (non-hydrogen) atoms. The van der Waals surface area contributed by atoms with Gasteiger partial charge in [0.25, 0.3) is 0 Å². The van der Waals surface area contributed by atoms with Gasteiger partial charge in [-0.3, -0.25) is 4.79 Å². The summed E-state index contributed by atoms with van der Waals surface area (Å²) in [7, 11) is 0. The lowest BCUT2D eigenvalue weighted by molar-refractivity contribution is -0.112. The van der Waals surface area contributed by atoms with Gasteiger partial charge in [0.05, 0.1) is 0 Å². The average molecular weight is 215 g/mol. The Morgan fingerprint density at radius 1 is 1.38 bits per heavy atom. The number of para-hydroxylation sites is 1. The molecule has 0 fully saturated rings. The van der Waals surface area contributed by atoms with E-state index in [4.69, 9.17) is 0 Å². The molecule has 3 heteroatoms. The van der Waals surface area contributed by atoms with Crippen molar-refractivity contribution >= 4 is 22.4 Å². The van der Waals surface area contributed by atoms with Gasteiger partial charge >= 0.3 is 0 Å². The molecule has 0 spiro atoms. The average Bonchev–Trinajstić information content (AvgIpc) is 2.52. The maximum Gasteiger partial charge on any atom is 0.156 e. The van der Waals surface area contributed by atoms with Crippen molar-refractivity contribution in [1.29, 1.82) is 0 Å². The molecule has 0 amide bonds. The van der Waals surface area contributed by atoms with Crippen LogP contribution in [0.1, 0.15) is 18.2 Å². The molecule has 2 N–H and O–H groups in total. The summed E-state index contributed by atoms with van der Waals surface area (Å²) in [6, 6.07) is 7.68. The standard InChI is InChI=1S/C13H13NO2/c1-8(15)7-12(16)13-9(2)14-11-6-4-3-5-10(11)13/h3-7,14,16H,1-2H3/b12-7+. The van der Waals surface area contributed by atoms with Crippen LogP contribution in [0.25, 0.3) is 16.7 Å². The normalized spacial score (nSPS) is 12.0. The topological polar surface area (TPSA) is 53.1 Å². The zero-order valence-corrected chi connectivity index (χ0v) is 9.24. The van der Waals surface area contributed by atoms with Crippen LogP contribution in [0, 0.1) is 6.92 Å². The van der Waals surface area contributed by atoms with Crippen LogP contribution in [-0.4, -0.2) is 15.9 Å². The zero-order chi connectivity index (χ0) is 11.7. The molecule has 0 aliphatic rings. The van der Waals surface area contributed by atoms with Crippen molar-refractivity contribution in [3.63, 3.8) is 0 Å². The molecule has 0 saturated carbocycles. The molecule has 0 atom stereocenters. The lowest BCUT2D eigenvalue weighted by atomic mass is 10.1. The third-order valence-electron chi connectivity index (χ3n) is 2.49. The van der Waals surface area contributed by atoms with Gasteiger partial charge < -0.3 is 10.1 Å². The smallest absolute Gasteiger partial charge is 0.156 e. The highest BCUT2D eigenvalue weighted by molar-refractivity contribution is 5.99. The number of fused-ring (bicyclic) bond motifs is 1. The number of H-pyrrole nitrogens is 1. The quantitative estimate of drug-likeness (QED) is 0.597. The number of aromatic amines is 1. The third-order valence-corrected chi connectivity index (χ3v) is 2.49. The van der Waals surface area contributed by atoms with Crippen LogP contribution in [0.3, 0.4) is 0 Å². The van der Waals surface area contributed by atoms with E-state index in [1.165, 1.54) is 13.0 Å². The molecule has 0 radical (unpaired) electrons. The van der Waals surface area contributed by atoms with Gasteiger partial charge in [-0.05, 0) is 19.9 Å². The van der Waals surface area contributed by atoms with Crippen molar-refractivity contribution in [2.75, 3.05) is 0 Å². The molecule has 1 heterocycles. The minimum atomic E-state index is -0.165. The molecular weight excluding hydrogens is 202 g/mol. The van der Waals surface area contributed by atoms with Gasteiger partial charge in [-0.2, -0.15) is 0 Å². The second-order valence-corrected chi connectivity index (χ2v) is 3.81. The molecule has 0 saturated heterocycles. The van der Waals surface area contributed by atoms with Crippen molar-refractivity contribution < 1.29 is 9.90 Å². The summed E-state index contributed by atoms with van der Waals surface area (Å²) < 4.78 is 0. The molecule has 0 aliphatic heterocycles. The fraction of sp³-hybridized carbons (Fsp3) is 0.154. The van der Waals surface area contributed by atoms with E-state index in [1.54, 1.807) is 0 Å². The zero-order valence-electron chi connectivity index (χ0n) is 9.24. The van der Waals surface area contributed by atoms with Gasteiger partial charge in [-0.15, -0.1) is 0 Å². The van der Waals surface area contributed by atoms with Crippen molar-refractivity contribution in [1.82, 2.24) is 4.98 Å². The van der Waals surface area contributed by atoms with Gasteiger partial charge in [-0.1, -0.05) is 18.2 Å². The lowest BCUT2D eigenvalue weighted by Gasteiger charge is -1.99. The number of nitrogens with one attached hydrogen (secondary N) is 1. The van der Waals surface area contributed by atoms with Crippen LogP contribution in [0.15, 0.2) is 30.3 Å². The van der Waals surface area contributed by atoms with Crippen LogP contribution in [0.2, 0.25) is 0 Å². The van der Waals surface area contributed by atoms with E-state index in [-0.39, 0.29) is 11.5 Å². The second-order valence-electron chi connectivity index (χ2n) is 3.81. The van der Waals surface area contributed by atoms with E-state index in [1.807, 2.05) is 31.2 Å². The molecule has 0 bridgehead atoms. The number of allylic oxidation sites excluding steroid dienone is 1. The number of rotatable bonds is 2. The third kappa shape index (κ3) is 1.72. The highest BCUT2D eigenvalue weighted by Crippen LogP contribution is 2.26. The summed E-state index contributed by atoms with van der Waals surface area (Å²) in [6.07, 6.45) is 1.24. The van der Waals surface area contributed by atoms with E-state index in [9.17, 15) is 9.90 Å². The number of ketones is 1. The highest BCUT2D eigenvalue weighted by Gasteiger charge is 2.11. The van der Waals surface area contributed by atoms with Crippen LogP contribution >= 0.6 is 0 Å². The number of hydrogen-bond acceptors (Lipinski definition) is 2. The second kappa shape index (κ2) is 3.85. The van der Waals surface area contributed by atoms with Crippen LogP contribution in [0.5, 0.6) is 0 Å². The SMILES string of the molecule is CC(=O)/C=C(/O)c1c(C)[nH]c2ccccc12. The summed E-state index contributed by atoms with van der Waals surface area (Å²) in [6.45, 7) is 3.29. The van der Waals surface area contributed by atoms with E-state index < -0.39 is 0 Å². The minimum Gasteiger partial charge on any atom is -0.507 e. The summed E-state index contributed by atoms with van der Waals surface area (Å²) in [5.74, 6) is -0.148. The van der Waals surface area contributed by atoms with Crippen LogP contribution in [-0.2, 0) is 4.79 Å². The van der Waals surface area contributed by atoms with E-state index in [0.29, 0.717) is 5.56 Å². The molecule has 2 aromatic rings. The Labute approximate surface area is 93.4 Å². The van der Waals surface area contributed by atoms with E-state index >= 15 is 0 Å². The van der Waals surface area contributed by atoms with Crippen LogP contribution < -0.4 is 0 Å². The molecule has 1 aromatic heterocycles. The number of aliphatic hydroxyl groups excluding tert-OH is 1. The van der Waals surface area contributed by atoms with Crippen molar-refractivity contribution in [3.05, 3.63) is 41.6 Å². The number of aryl methyl sites for hydroxylation is 1. The van der Waals surface area contributed by atoms with Crippen molar-refractivity contribution in [3.8, 4) is 0 Å². The van der Waals surface area contributed by atoms with E-state index in [0.717, 1.165) is 16.6 Å². The fourth-order valence-corrected chi connectivity index (χ4v) is 1.87. The number of benzene rings is 1. The first-order chi connectivity index (χ1) is 7.59. The summed E-state index contributed by atoms with van der Waals surface area (Å²) in [5, 5.41) is 10.8. The number of aliphatic hydroxyl groups is 1. The molecule has 1 aromatic carbocycles. The Hall–Kier alpha value is -2.03. The maximum absolute atomic E-state index is 11.0. The van der Waals surface area contributed by atoms with E-state index in [2.05, 4.69) is 4.98 Å². The predicted molar refractivity (Wildman–Crippen MR) is 64.3 cm³/mol. The Morgan fingerprint density at radius 3 is 2.75 bits per heavy atom. The minimum absolute atomic E-state index is 0.0162. The van der Waals surface area contributed by atoms with Gasteiger partial charge in [0.1, 0.15) is 5.76 Å². The number of hydrogen-bond donors (Lipinski definition) is 2. The van der Waals surface area contributed by atoms with Gasteiger partial charge in [0.2, 0.25) is 0 Å². The Bertz CT molecular complexity index is 579. The summed E-state index contributed by atoms with van der Waals surface area (Å²) >= 11 is 0. The fourth-order valence-electron chi connectivity index (χ4n) is 1.87. The molecule has 0 unspecified atom stereocenters. The van der Waals surface area contributed by atoms with Gasteiger partial charge in [-0.25, -0.2) is 0 Å². The first-order valence-corrected chi connectivity index (χ1v) is 5.08. The number of carbonyl (C=O) groups is 1.